The SMILES string of the molecule is Cc1cc(F)ccc1NC(=O)c1ccc(Br)cn1. The number of carbonyl (C=O) groups is 1. The van der Waals surface area contributed by atoms with E-state index in [1.807, 2.05) is 0 Å². The van der Waals surface area contributed by atoms with Crippen molar-refractivity contribution in [3.8, 4) is 0 Å². The molecule has 2 aromatic rings. The first kappa shape index (κ1) is 12.7. The van der Waals surface area contributed by atoms with Gasteiger partial charge in [-0.3, -0.25) is 4.79 Å². The highest BCUT2D eigenvalue weighted by atomic mass is 79.9. The number of aryl methyl sites for hydroxylation is 1. The predicted octanol–water partition coefficient (Wildman–Crippen LogP) is 3.54. The standard InChI is InChI=1S/C13H10BrFN2O/c1-8-6-10(15)3-5-11(8)17-13(18)12-4-2-9(14)7-16-12/h2-7H,1H3,(H,17,18). The molecule has 3 nitrogen and oxygen atoms in total. The van der Waals surface area contributed by atoms with Crippen LogP contribution in [0.3, 0.4) is 0 Å². The van der Waals surface area contributed by atoms with Crippen LogP contribution in [0.5, 0.6) is 0 Å². The largest absolute Gasteiger partial charge is 0.320 e. The number of aromatic nitrogens is 1. The zero-order chi connectivity index (χ0) is 13.1. The summed E-state index contributed by atoms with van der Waals surface area (Å²) in [5.41, 5.74) is 1.55. The van der Waals surface area contributed by atoms with Gasteiger partial charge in [-0.05, 0) is 58.7 Å². The molecule has 1 amide bonds. The summed E-state index contributed by atoms with van der Waals surface area (Å²) in [4.78, 5) is 15.9. The average Bonchev–Trinajstić information content (AvgIpc) is 2.33. The fourth-order valence-corrected chi connectivity index (χ4v) is 1.70. The number of rotatable bonds is 2. The fraction of sp³-hybridized carbons (Fsp3) is 0.0769. The fourth-order valence-electron chi connectivity index (χ4n) is 1.46. The van der Waals surface area contributed by atoms with Gasteiger partial charge in [0.15, 0.2) is 0 Å². The molecule has 0 radical (unpaired) electrons. The van der Waals surface area contributed by atoms with E-state index in [2.05, 4.69) is 26.2 Å². The first-order valence-corrected chi connectivity index (χ1v) is 6.04. The van der Waals surface area contributed by atoms with Crippen LogP contribution in [-0.2, 0) is 0 Å². The highest BCUT2D eigenvalue weighted by molar-refractivity contribution is 9.10. The van der Waals surface area contributed by atoms with Crippen molar-refractivity contribution in [2.24, 2.45) is 0 Å². The van der Waals surface area contributed by atoms with Gasteiger partial charge >= 0.3 is 0 Å². The highest BCUT2D eigenvalue weighted by Gasteiger charge is 2.09. The minimum absolute atomic E-state index is 0.307. The van der Waals surface area contributed by atoms with Gasteiger partial charge in [0.25, 0.3) is 5.91 Å². The number of pyridine rings is 1. The second-order valence-electron chi connectivity index (χ2n) is 3.78. The lowest BCUT2D eigenvalue weighted by atomic mass is 10.2. The molecule has 1 aromatic carbocycles. The summed E-state index contributed by atoms with van der Waals surface area (Å²) in [7, 11) is 0. The van der Waals surface area contributed by atoms with Crippen molar-refractivity contribution in [3.63, 3.8) is 0 Å². The van der Waals surface area contributed by atoms with E-state index in [0.29, 0.717) is 16.9 Å². The maximum Gasteiger partial charge on any atom is 0.274 e. The molecule has 0 bridgehead atoms. The van der Waals surface area contributed by atoms with Gasteiger partial charge in [-0.2, -0.15) is 0 Å². The third kappa shape index (κ3) is 2.92. The van der Waals surface area contributed by atoms with Crippen LogP contribution in [0.1, 0.15) is 16.1 Å². The number of halogens is 2. The second-order valence-corrected chi connectivity index (χ2v) is 4.69. The molecule has 0 aliphatic heterocycles. The first-order valence-electron chi connectivity index (χ1n) is 5.25. The van der Waals surface area contributed by atoms with E-state index < -0.39 is 0 Å². The van der Waals surface area contributed by atoms with Crippen molar-refractivity contribution >= 4 is 27.5 Å². The van der Waals surface area contributed by atoms with Gasteiger partial charge in [0, 0.05) is 16.4 Å². The summed E-state index contributed by atoms with van der Waals surface area (Å²) >= 11 is 3.25. The Morgan fingerprint density at radius 3 is 2.72 bits per heavy atom. The summed E-state index contributed by atoms with van der Waals surface area (Å²) in [5.74, 6) is -0.649. The number of nitrogens with one attached hydrogen (secondary N) is 1. The zero-order valence-electron chi connectivity index (χ0n) is 9.58. The van der Waals surface area contributed by atoms with Crippen LogP contribution in [-0.4, -0.2) is 10.9 Å². The minimum Gasteiger partial charge on any atom is -0.320 e. The predicted molar refractivity (Wildman–Crippen MR) is 71.0 cm³/mol. The van der Waals surface area contributed by atoms with Crippen molar-refractivity contribution < 1.29 is 9.18 Å². The molecule has 0 aliphatic rings. The van der Waals surface area contributed by atoms with E-state index in [4.69, 9.17) is 0 Å². The lowest BCUT2D eigenvalue weighted by molar-refractivity contribution is 0.102. The summed E-state index contributed by atoms with van der Waals surface area (Å²) < 4.78 is 13.7. The van der Waals surface area contributed by atoms with Crippen molar-refractivity contribution in [1.29, 1.82) is 0 Å². The third-order valence-electron chi connectivity index (χ3n) is 2.40. The maximum absolute atomic E-state index is 12.9. The number of benzene rings is 1. The van der Waals surface area contributed by atoms with E-state index >= 15 is 0 Å². The molecule has 5 heteroatoms. The Balaban J connectivity index is 2.18. The molecule has 92 valence electrons. The van der Waals surface area contributed by atoms with Crippen molar-refractivity contribution in [2.75, 3.05) is 5.32 Å². The van der Waals surface area contributed by atoms with E-state index in [1.54, 1.807) is 25.3 Å². The van der Waals surface area contributed by atoms with Gasteiger partial charge in [-0.1, -0.05) is 0 Å². The minimum atomic E-state index is -0.327. The average molecular weight is 309 g/mol. The summed E-state index contributed by atoms with van der Waals surface area (Å²) in [6.07, 6.45) is 1.55. The Bertz CT molecular complexity index is 584. The van der Waals surface area contributed by atoms with Crippen molar-refractivity contribution in [1.82, 2.24) is 4.98 Å². The van der Waals surface area contributed by atoms with Crippen LogP contribution < -0.4 is 5.32 Å². The zero-order valence-corrected chi connectivity index (χ0v) is 11.2. The molecule has 0 saturated carbocycles. The third-order valence-corrected chi connectivity index (χ3v) is 2.87. The van der Waals surface area contributed by atoms with Gasteiger partial charge in [0.2, 0.25) is 0 Å². The van der Waals surface area contributed by atoms with Crippen LogP contribution >= 0.6 is 15.9 Å². The topological polar surface area (TPSA) is 42.0 Å². The van der Waals surface area contributed by atoms with Crippen LogP contribution in [0.25, 0.3) is 0 Å². The van der Waals surface area contributed by atoms with Gasteiger partial charge in [0.1, 0.15) is 11.5 Å². The maximum atomic E-state index is 12.9. The van der Waals surface area contributed by atoms with Crippen LogP contribution in [0.4, 0.5) is 10.1 Å². The molecule has 0 saturated heterocycles. The lowest BCUT2D eigenvalue weighted by Gasteiger charge is -2.07. The van der Waals surface area contributed by atoms with E-state index in [-0.39, 0.29) is 11.7 Å². The van der Waals surface area contributed by atoms with Crippen molar-refractivity contribution in [3.05, 3.63) is 58.1 Å². The molecule has 18 heavy (non-hydrogen) atoms. The van der Waals surface area contributed by atoms with E-state index in [9.17, 15) is 9.18 Å². The Hall–Kier alpha value is -1.75. The Kier molecular flexibility index (Phi) is 3.72. The van der Waals surface area contributed by atoms with Gasteiger partial charge in [-0.25, -0.2) is 9.37 Å². The van der Waals surface area contributed by atoms with E-state index in [1.165, 1.54) is 18.2 Å². The first-order chi connectivity index (χ1) is 8.56. The Morgan fingerprint density at radius 1 is 1.33 bits per heavy atom. The number of carbonyl (C=O) groups excluding carboxylic acids is 1. The molecule has 0 spiro atoms. The molecule has 2 rings (SSSR count). The van der Waals surface area contributed by atoms with Crippen LogP contribution in [0.2, 0.25) is 0 Å². The Morgan fingerprint density at radius 2 is 2.11 bits per heavy atom. The lowest BCUT2D eigenvalue weighted by Crippen LogP contribution is -2.14. The quantitative estimate of drug-likeness (QED) is 0.922. The van der Waals surface area contributed by atoms with Crippen LogP contribution in [0.15, 0.2) is 41.0 Å². The summed E-state index contributed by atoms with van der Waals surface area (Å²) in [6.45, 7) is 1.73. The molecular weight excluding hydrogens is 299 g/mol. The number of anilines is 1. The normalized spacial score (nSPS) is 10.2. The van der Waals surface area contributed by atoms with Crippen LogP contribution in [0, 0.1) is 12.7 Å². The molecule has 1 heterocycles. The smallest absolute Gasteiger partial charge is 0.274 e. The second kappa shape index (κ2) is 5.27. The Labute approximate surface area is 112 Å². The number of hydrogen-bond donors (Lipinski definition) is 1. The van der Waals surface area contributed by atoms with Gasteiger partial charge < -0.3 is 5.32 Å². The molecule has 0 aliphatic carbocycles. The van der Waals surface area contributed by atoms with Gasteiger partial charge in [0.05, 0.1) is 0 Å². The number of hydrogen-bond acceptors (Lipinski definition) is 2. The molecule has 1 aromatic heterocycles. The molecular formula is C13H10BrFN2O. The summed E-state index contributed by atoms with van der Waals surface area (Å²) in [6, 6.07) is 7.54. The molecule has 1 N–H and O–H groups in total. The van der Waals surface area contributed by atoms with Crippen molar-refractivity contribution in [2.45, 2.75) is 6.92 Å². The van der Waals surface area contributed by atoms with E-state index in [0.717, 1.165) is 4.47 Å². The number of amides is 1. The summed E-state index contributed by atoms with van der Waals surface area (Å²) in [5, 5.41) is 2.69. The molecule has 0 fully saturated rings. The molecule has 0 atom stereocenters. The van der Waals surface area contributed by atoms with Gasteiger partial charge in [-0.15, -0.1) is 0 Å². The monoisotopic (exact) mass is 308 g/mol. The molecule has 0 unspecified atom stereocenters. The number of nitrogens with zero attached hydrogens (tertiary/aromatic N) is 1. The highest BCUT2D eigenvalue weighted by Crippen LogP contribution is 2.16.